The van der Waals surface area contributed by atoms with Gasteiger partial charge in [0.15, 0.2) is 23.1 Å². The molecule has 0 aliphatic heterocycles. The van der Waals surface area contributed by atoms with Gasteiger partial charge in [-0.25, -0.2) is 18.4 Å². The Kier molecular flexibility index (Phi) is 10.5. The highest BCUT2D eigenvalue weighted by atomic mass is 19.2. The van der Waals surface area contributed by atoms with Gasteiger partial charge in [0.05, 0.1) is 0 Å². The van der Waals surface area contributed by atoms with Gasteiger partial charge in [-0.3, -0.25) is 0 Å². The minimum absolute atomic E-state index is 0.0354. The van der Waals surface area contributed by atoms with Gasteiger partial charge < -0.3 is 18.9 Å². The third kappa shape index (κ3) is 7.63. The number of carbonyl (C=O) groups is 2. The van der Waals surface area contributed by atoms with E-state index in [1.807, 2.05) is 0 Å². The average molecular weight is 611 g/mol. The van der Waals surface area contributed by atoms with E-state index in [0.717, 1.165) is 0 Å². The molecule has 0 radical (unpaired) electrons. The van der Waals surface area contributed by atoms with Crippen molar-refractivity contribution in [1.29, 1.82) is 0 Å². The van der Waals surface area contributed by atoms with Gasteiger partial charge >= 0.3 is 11.9 Å². The van der Waals surface area contributed by atoms with Crippen LogP contribution < -0.4 is 9.47 Å². The molecular formula is C34H30F4O6. The molecule has 0 saturated carbocycles. The average Bonchev–Trinajstić information content (AvgIpc) is 2.97. The van der Waals surface area contributed by atoms with Crippen LogP contribution in [-0.2, 0) is 19.1 Å². The maximum absolute atomic E-state index is 15.0. The highest BCUT2D eigenvalue weighted by Gasteiger charge is 2.20. The molecule has 0 unspecified atom stereocenters. The number of allylic oxidation sites excluding steroid dienone is 4. The first-order valence-electron chi connectivity index (χ1n) is 13.1. The zero-order valence-corrected chi connectivity index (χ0v) is 25.0. The molecule has 0 aliphatic rings. The zero-order chi connectivity index (χ0) is 32.9. The molecule has 6 nitrogen and oxygen atoms in total. The molecule has 0 heterocycles. The van der Waals surface area contributed by atoms with E-state index in [9.17, 15) is 18.4 Å². The lowest BCUT2D eigenvalue weighted by Gasteiger charge is -2.14. The zero-order valence-electron chi connectivity index (χ0n) is 25.0. The fourth-order valence-corrected chi connectivity index (χ4v) is 3.57. The minimum Gasteiger partial charge on any atom is -0.455 e. The van der Waals surface area contributed by atoms with Gasteiger partial charge in [-0.05, 0) is 76.9 Å². The summed E-state index contributed by atoms with van der Waals surface area (Å²) in [5.74, 6) is -7.03. The second-order valence-electron chi connectivity index (χ2n) is 9.82. The van der Waals surface area contributed by atoms with Gasteiger partial charge in [-0.15, -0.1) is 0 Å². The van der Waals surface area contributed by atoms with Crippen LogP contribution in [-0.4, -0.2) is 11.9 Å². The second-order valence-corrected chi connectivity index (χ2v) is 9.82. The smallest absolute Gasteiger partial charge is 0.338 e. The summed E-state index contributed by atoms with van der Waals surface area (Å²) in [6.45, 7) is 15.6. The monoisotopic (exact) mass is 610 g/mol. The van der Waals surface area contributed by atoms with Crippen molar-refractivity contribution in [3.63, 3.8) is 0 Å². The molecule has 0 amide bonds. The molecule has 0 spiro atoms. The van der Waals surface area contributed by atoms with E-state index in [4.69, 9.17) is 18.9 Å². The molecule has 3 rings (SSSR count). The van der Waals surface area contributed by atoms with Crippen LogP contribution in [0.2, 0.25) is 0 Å². The first-order chi connectivity index (χ1) is 20.6. The van der Waals surface area contributed by atoms with Crippen molar-refractivity contribution in [2.24, 2.45) is 0 Å². The normalized spacial score (nSPS) is 12.0. The Balaban J connectivity index is 1.83. The van der Waals surface area contributed by atoms with Gasteiger partial charge in [-0.2, -0.15) is 8.78 Å². The van der Waals surface area contributed by atoms with Crippen LogP contribution in [0.3, 0.4) is 0 Å². The van der Waals surface area contributed by atoms with Gasteiger partial charge in [0.2, 0.25) is 11.6 Å². The predicted octanol–water partition coefficient (Wildman–Crippen LogP) is 9.08. The number of hydrogen-bond acceptors (Lipinski definition) is 6. The molecular weight excluding hydrogens is 580 g/mol. The number of esters is 2. The lowest BCUT2D eigenvalue weighted by Crippen LogP contribution is -2.07. The molecule has 230 valence electrons. The van der Waals surface area contributed by atoms with E-state index in [1.165, 1.54) is 90.1 Å². The topological polar surface area (TPSA) is 71.1 Å². The third-order valence-electron chi connectivity index (χ3n) is 6.31. The van der Waals surface area contributed by atoms with E-state index in [0.29, 0.717) is 0 Å². The molecule has 3 aromatic rings. The van der Waals surface area contributed by atoms with E-state index in [1.54, 1.807) is 0 Å². The molecule has 10 heteroatoms. The number of carbonyl (C=O) groups excluding carboxylic acids is 2. The Morgan fingerprint density at radius 2 is 0.818 bits per heavy atom. The van der Waals surface area contributed by atoms with Crippen LogP contribution >= 0.6 is 0 Å². The van der Waals surface area contributed by atoms with Crippen molar-refractivity contribution in [2.45, 2.75) is 41.5 Å². The molecule has 0 aliphatic carbocycles. The first kappa shape index (κ1) is 33.4. The van der Waals surface area contributed by atoms with Crippen molar-refractivity contribution in [3.05, 3.63) is 119 Å². The standard InChI is InChI=1S/C34H30F4O6/c1-17(2)33(39)43-21(7)19(5)41-27-15-13-25(29(35)31(27)37)23-9-11-24(12-10-23)26-14-16-28(32(38)30(26)36)42-20(6)22(8)44-34(40)18(3)4/h9-16H,1,3H2,2,4-8H3/b21-19+,22-20+. The highest BCUT2D eigenvalue weighted by Crippen LogP contribution is 2.35. The number of rotatable bonds is 10. The summed E-state index contributed by atoms with van der Waals surface area (Å²) in [6.07, 6.45) is 0. The van der Waals surface area contributed by atoms with E-state index in [-0.39, 0.29) is 56.4 Å². The van der Waals surface area contributed by atoms with Gasteiger partial charge in [0.1, 0.15) is 23.0 Å². The summed E-state index contributed by atoms with van der Waals surface area (Å²) >= 11 is 0. The van der Waals surface area contributed by atoms with Crippen molar-refractivity contribution in [3.8, 4) is 33.8 Å². The highest BCUT2D eigenvalue weighted by molar-refractivity contribution is 5.88. The fourth-order valence-electron chi connectivity index (χ4n) is 3.57. The molecule has 0 fully saturated rings. The summed E-state index contributed by atoms with van der Waals surface area (Å²) < 4.78 is 80.7. The van der Waals surface area contributed by atoms with Gasteiger partial charge in [-0.1, -0.05) is 37.4 Å². The molecule has 0 N–H and O–H groups in total. The van der Waals surface area contributed by atoms with Crippen LogP contribution in [0.15, 0.2) is 95.9 Å². The van der Waals surface area contributed by atoms with E-state index >= 15 is 8.78 Å². The van der Waals surface area contributed by atoms with Gasteiger partial charge in [0.25, 0.3) is 0 Å². The summed E-state index contributed by atoms with van der Waals surface area (Å²) in [4.78, 5) is 23.4. The largest absolute Gasteiger partial charge is 0.455 e. The Hall–Kier alpha value is -5.12. The summed E-state index contributed by atoms with van der Waals surface area (Å²) in [7, 11) is 0. The van der Waals surface area contributed by atoms with Gasteiger partial charge in [0, 0.05) is 22.3 Å². The lowest BCUT2D eigenvalue weighted by molar-refractivity contribution is -0.136. The molecule has 3 aromatic carbocycles. The number of halogens is 4. The Morgan fingerprint density at radius 1 is 0.500 bits per heavy atom. The summed E-state index contributed by atoms with van der Waals surface area (Å²) in [6, 6.07) is 10.7. The number of hydrogen-bond donors (Lipinski definition) is 0. The quantitative estimate of drug-likeness (QED) is 0.0987. The van der Waals surface area contributed by atoms with Crippen molar-refractivity contribution in [1.82, 2.24) is 0 Å². The van der Waals surface area contributed by atoms with Crippen LogP contribution in [0.4, 0.5) is 17.6 Å². The van der Waals surface area contributed by atoms with Crippen LogP contribution in [0.1, 0.15) is 41.5 Å². The Morgan fingerprint density at radius 3 is 1.11 bits per heavy atom. The summed E-state index contributed by atoms with van der Waals surface area (Å²) in [5, 5.41) is 0. The van der Waals surface area contributed by atoms with E-state index < -0.39 is 46.7 Å². The van der Waals surface area contributed by atoms with Crippen molar-refractivity contribution in [2.75, 3.05) is 0 Å². The van der Waals surface area contributed by atoms with E-state index in [2.05, 4.69) is 13.2 Å². The summed E-state index contributed by atoms with van der Waals surface area (Å²) in [5.41, 5.74) is 0.625. The number of ether oxygens (including phenoxy) is 4. The molecule has 0 bridgehead atoms. The van der Waals surface area contributed by atoms with Crippen molar-refractivity contribution >= 4 is 11.9 Å². The minimum atomic E-state index is -1.28. The first-order valence-corrected chi connectivity index (χ1v) is 13.1. The molecule has 0 aromatic heterocycles. The Labute approximate surface area is 252 Å². The van der Waals surface area contributed by atoms with Crippen LogP contribution in [0.5, 0.6) is 11.5 Å². The Bertz CT molecular complexity index is 1590. The fraction of sp³-hybridized carbons (Fsp3) is 0.176. The maximum Gasteiger partial charge on any atom is 0.338 e. The van der Waals surface area contributed by atoms with Crippen LogP contribution in [0, 0.1) is 23.3 Å². The van der Waals surface area contributed by atoms with Crippen molar-refractivity contribution < 1.29 is 46.1 Å². The maximum atomic E-state index is 15.0. The molecule has 44 heavy (non-hydrogen) atoms. The number of benzene rings is 3. The molecule has 0 saturated heterocycles. The molecule has 0 atom stereocenters. The lowest BCUT2D eigenvalue weighted by atomic mass is 9.99. The SMILES string of the molecule is C=C(C)C(=O)O/C(C)=C(\C)Oc1ccc(-c2ccc(-c3ccc(O/C(C)=C(\C)OC(=O)C(=C)C)c(F)c3F)cc2)c(F)c1F. The third-order valence-corrected chi connectivity index (χ3v) is 6.31. The van der Waals surface area contributed by atoms with Crippen LogP contribution in [0.25, 0.3) is 22.3 Å². The second kappa shape index (κ2) is 13.9. The predicted molar refractivity (Wildman–Crippen MR) is 157 cm³/mol.